The Kier molecular flexibility index (Phi) is 4.97. The van der Waals surface area contributed by atoms with Crippen molar-refractivity contribution < 1.29 is 0 Å². The largest absolute Gasteiger partial charge is 0.349 e. The summed E-state index contributed by atoms with van der Waals surface area (Å²) in [4.78, 5) is 14.3. The molecule has 0 radical (unpaired) electrons. The van der Waals surface area contributed by atoms with E-state index in [-0.39, 0.29) is 0 Å². The summed E-state index contributed by atoms with van der Waals surface area (Å²) in [5.74, 6) is 1.58. The Labute approximate surface area is 86.7 Å². The summed E-state index contributed by atoms with van der Waals surface area (Å²) in [6.45, 7) is 0. The lowest BCUT2D eigenvalue weighted by Gasteiger charge is -2.23. The van der Waals surface area contributed by atoms with E-state index in [1.54, 1.807) is 7.05 Å². The van der Waals surface area contributed by atoms with Gasteiger partial charge in [0.25, 0.3) is 0 Å². The Balaban J connectivity index is 4.90. The number of guanidine groups is 2. The van der Waals surface area contributed by atoms with Crippen LogP contribution in [0, 0.1) is 0 Å². The van der Waals surface area contributed by atoms with E-state index < -0.39 is 0 Å². The van der Waals surface area contributed by atoms with Crippen LogP contribution < -0.4 is 0 Å². The maximum Gasteiger partial charge on any atom is 0.223 e. The number of rotatable bonds is 0. The van der Waals surface area contributed by atoms with Crippen LogP contribution in [0.4, 0.5) is 0 Å². The molecule has 0 saturated heterocycles. The third-order valence-corrected chi connectivity index (χ3v) is 1.60. The van der Waals surface area contributed by atoms with Gasteiger partial charge in [-0.2, -0.15) is 4.99 Å². The second-order valence-electron chi connectivity index (χ2n) is 3.62. The highest BCUT2D eigenvalue weighted by molar-refractivity contribution is 5.94. The van der Waals surface area contributed by atoms with Gasteiger partial charge in [-0.25, -0.2) is 0 Å². The highest BCUT2D eigenvalue weighted by Gasteiger charge is 2.07. The van der Waals surface area contributed by atoms with Crippen LogP contribution in [-0.2, 0) is 0 Å². The lowest BCUT2D eigenvalue weighted by Crippen LogP contribution is -2.37. The summed E-state index contributed by atoms with van der Waals surface area (Å²) in [6, 6.07) is 0. The average molecular weight is 199 g/mol. The van der Waals surface area contributed by atoms with Crippen LogP contribution in [-0.4, -0.2) is 76.0 Å². The second kappa shape index (κ2) is 5.47. The first-order valence-electron chi connectivity index (χ1n) is 4.47. The Hall–Kier alpha value is -1.26. The third-order valence-electron chi connectivity index (χ3n) is 1.60. The Morgan fingerprint density at radius 3 is 1.43 bits per heavy atom. The zero-order valence-electron chi connectivity index (χ0n) is 10.2. The first-order chi connectivity index (χ1) is 6.40. The highest BCUT2D eigenvalue weighted by atomic mass is 15.4. The van der Waals surface area contributed by atoms with Crippen LogP contribution in [0.15, 0.2) is 9.98 Å². The summed E-state index contributed by atoms with van der Waals surface area (Å²) in [7, 11) is 13.4. The normalized spacial score (nSPS) is 10.9. The molecular weight excluding hydrogens is 178 g/mol. The van der Waals surface area contributed by atoms with Gasteiger partial charge >= 0.3 is 0 Å². The summed E-state index contributed by atoms with van der Waals surface area (Å²) in [6.07, 6.45) is 0. The molecule has 0 aliphatic carbocycles. The molecule has 0 saturated carbocycles. The molecule has 0 aliphatic heterocycles. The van der Waals surface area contributed by atoms with Crippen molar-refractivity contribution in [2.75, 3.05) is 49.3 Å². The minimum absolute atomic E-state index is 0.711. The predicted octanol–water partition coefficient (Wildman–Crippen LogP) is 0.0130. The Morgan fingerprint density at radius 1 is 0.786 bits per heavy atom. The van der Waals surface area contributed by atoms with Crippen molar-refractivity contribution in [1.29, 1.82) is 0 Å². The fourth-order valence-electron chi connectivity index (χ4n) is 1.04. The summed E-state index contributed by atoms with van der Waals surface area (Å²) < 4.78 is 0. The number of hydrogen-bond donors (Lipinski definition) is 0. The molecule has 0 atom stereocenters. The SMILES string of the molecule is C/N=C(/N=C(N(C)C)N(C)C)N(C)C. The number of hydrogen-bond acceptors (Lipinski definition) is 1. The van der Waals surface area contributed by atoms with Crippen LogP contribution in [0.2, 0.25) is 0 Å². The van der Waals surface area contributed by atoms with Gasteiger partial charge in [0.15, 0.2) is 0 Å². The standard InChI is InChI=1S/C9H21N5/c1-10-8(12(2)3)11-9(13(4)5)14(6)7/h1-7H3/b10-8-. The third kappa shape index (κ3) is 3.64. The second-order valence-corrected chi connectivity index (χ2v) is 3.62. The van der Waals surface area contributed by atoms with Crippen LogP contribution >= 0.6 is 0 Å². The van der Waals surface area contributed by atoms with E-state index in [0.717, 1.165) is 5.96 Å². The van der Waals surface area contributed by atoms with E-state index in [2.05, 4.69) is 9.98 Å². The van der Waals surface area contributed by atoms with Crippen LogP contribution in [0.3, 0.4) is 0 Å². The zero-order chi connectivity index (χ0) is 11.3. The molecule has 0 aromatic rings. The number of aliphatic imine (C=N–C) groups is 2. The zero-order valence-corrected chi connectivity index (χ0v) is 10.2. The van der Waals surface area contributed by atoms with Gasteiger partial charge in [0.2, 0.25) is 11.9 Å². The van der Waals surface area contributed by atoms with E-state index in [4.69, 9.17) is 0 Å². The van der Waals surface area contributed by atoms with E-state index in [1.807, 2.05) is 57.0 Å². The fraction of sp³-hybridized carbons (Fsp3) is 0.778. The van der Waals surface area contributed by atoms with Gasteiger partial charge in [-0.15, -0.1) is 0 Å². The van der Waals surface area contributed by atoms with E-state index in [0.29, 0.717) is 5.96 Å². The molecule has 0 amide bonds. The lowest BCUT2D eigenvalue weighted by atomic mass is 10.7. The van der Waals surface area contributed by atoms with E-state index in [9.17, 15) is 0 Å². The molecule has 0 aliphatic rings. The summed E-state index contributed by atoms with van der Waals surface area (Å²) in [5, 5.41) is 0. The van der Waals surface area contributed by atoms with Crippen molar-refractivity contribution >= 4 is 11.9 Å². The van der Waals surface area contributed by atoms with E-state index in [1.165, 1.54) is 0 Å². The monoisotopic (exact) mass is 199 g/mol. The van der Waals surface area contributed by atoms with Gasteiger partial charge in [-0.05, 0) is 0 Å². The first kappa shape index (κ1) is 12.7. The molecule has 0 N–H and O–H groups in total. The Morgan fingerprint density at radius 2 is 1.21 bits per heavy atom. The van der Waals surface area contributed by atoms with Gasteiger partial charge in [0.1, 0.15) is 0 Å². The van der Waals surface area contributed by atoms with Gasteiger partial charge in [0.05, 0.1) is 0 Å². The molecule has 5 nitrogen and oxygen atoms in total. The molecule has 0 bridgehead atoms. The van der Waals surface area contributed by atoms with Crippen molar-refractivity contribution in [3.63, 3.8) is 0 Å². The highest BCUT2D eigenvalue weighted by Crippen LogP contribution is 1.93. The number of nitrogens with zero attached hydrogens (tertiary/aromatic N) is 5. The van der Waals surface area contributed by atoms with Gasteiger partial charge < -0.3 is 14.7 Å². The fourth-order valence-corrected chi connectivity index (χ4v) is 1.04. The summed E-state index contributed by atoms with van der Waals surface area (Å²) in [5.41, 5.74) is 0. The molecule has 0 fully saturated rings. The molecule has 0 aromatic heterocycles. The summed E-state index contributed by atoms with van der Waals surface area (Å²) >= 11 is 0. The van der Waals surface area contributed by atoms with Crippen molar-refractivity contribution in [3.8, 4) is 0 Å². The average Bonchev–Trinajstić information content (AvgIpc) is 2.03. The van der Waals surface area contributed by atoms with Gasteiger partial charge in [0, 0.05) is 49.3 Å². The molecule has 5 heteroatoms. The molecule has 0 unspecified atom stereocenters. The maximum absolute atomic E-state index is 4.44. The van der Waals surface area contributed by atoms with Crippen molar-refractivity contribution in [2.24, 2.45) is 9.98 Å². The predicted molar refractivity (Wildman–Crippen MR) is 61.9 cm³/mol. The lowest BCUT2D eigenvalue weighted by molar-refractivity contribution is 0.482. The molecule has 0 spiro atoms. The van der Waals surface area contributed by atoms with Crippen LogP contribution in [0.25, 0.3) is 0 Å². The van der Waals surface area contributed by atoms with Crippen molar-refractivity contribution in [3.05, 3.63) is 0 Å². The first-order valence-corrected chi connectivity index (χ1v) is 4.47. The van der Waals surface area contributed by atoms with Crippen LogP contribution in [0.1, 0.15) is 0 Å². The Bertz CT molecular complexity index is 217. The topological polar surface area (TPSA) is 34.4 Å². The minimum atomic E-state index is 0.711. The van der Waals surface area contributed by atoms with Gasteiger partial charge in [-0.1, -0.05) is 0 Å². The maximum atomic E-state index is 4.44. The molecule has 0 aromatic carbocycles. The molecular formula is C9H21N5. The molecule has 0 heterocycles. The van der Waals surface area contributed by atoms with Crippen molar-refractivity contribution in [2.45, 2.75) is 0 Å². The van der Waals surface area contributed by atoms with Gasteiger partial charge in [-0.3, -0.25) is 4.99 Å². The smallest absolute Gasteiger partial charge is 0.223 e. The van der Waals surface area contributed by atoms with E-state index >= 15 is 0 Å². The van der Waals surface area contributed by atoms with Crippen LogP contribution in [0.5, 0.6) is 0 Å². The van der Waals surface area contributed by atoms with Crippen molar-refractivity contribution in [1.82, 2.24) is 14.7 Å². The minimum Gasteiger partial charge on any atom is -0.349 e. The molecule has 14 heavy (non-hydrogen) atoms. The molecule has 82 valence electrons. The quantitative estimate of drug-likeness (QED) is 0.407. The molecule has 0 rings (SSSR count).